The summed E-state index contributed by atoms with van der Waals surface area (Å²) in [4.78, 5) is 35.4. The Morgan fingerprint density at radius 1 is 0.933 bits per heavy atom. The molecule has 2 N–H and O–H groups in total. The van der Waals surface area contributed by atoms with Gasteiger partial charge in [-0.2, -0.15) is 0 Å². The van der Waals surface area contributed by atoms with Gasteiger partial charge in [0.25, 0.3) is 0 Å². The number of carbonyl (C=O) groups excluding carboxylic acids is 1. The van der Waals surface area contributed by atoms with Crippen molar-refractivity contribution in [2.24, 2.45) is 5.92 Å². The maximum atomic E-state index is 12.6. The number of hydrogen-bond acceptors (Lipinski definition) is 4. The molecule has 7 heteroatoms. The highest BCUT2D eigenvalue weighted by Crippen LogP contribution is 2.22. The molecule has 0 aliphatic carbocycles. The Labute approximate surface area is 178 Å². The quantitative estimate of drug-likeness (QED) is 0.733. The van der Waals surface area contributed by atoms with Gasteiger partial charge in [-0.25, -0.2) is 9.59 Å². The van der Waals surface area contributed by atoms with Crippen molar-refractivity contribution in [3.8, 4) is 0 Å². The first-order chi connectivity index (χ1) is 14.4. The molecule has 30 heavy (non-hydrogen) atoms. The van der Waals surface area contributed by atoms with Crippen molar-refractivity contribution in [1.29, 1.82) is 0 Å². The molecule has 0 saturated carbocycles. The molecule has 1 aromatic carbocycles. The molecule has 2 fully saturated rings. The van der Waals surface area contributed by atoms with E-state index in [0.29, 0.717) is 5.91 Å². The van der Waals surface area contributed by atoms with Crippen LogP contribution in [0.15, 0.2) is 35.9 Å². The van der Waals surface area contributed by atoms with Crippen LogP contribution in [0, 0.1) is 5.92 Å². The second-order valence-electron chi connectivity index (χ2n) is 7.95. The van der Waals surface area contributed by atoms with Gasteiger partial charge in [0.15, 0.2) is 0 Å². The SMILES string of the molecule is C/C(=C\c1ccccc1)CN1CCC(C(=O)N2CCCCC2)CC1.O=C(O)C(=O)O. The van der Waals surface area contributed by atoms with Gasteiger partial charge in [0.1, 0.15) is 0 Å². The van der Waals surface area contributed by atoms with E-state index < -0.39 is 11.9 Å². The first-order valence-corrected chi connectivity index (χ1v) is 10.6. The highest BCUT2D eigenvalue weighted by Gasteiger charge is 2.29. The molecule has 0 spiro atoms. The molecular formula is C23H32N2O5. The predicted octanol–water partition coefficient (Wildman–Crippen LogP) is 2.97. The molecule has 7 nitrogen and oxygen atoms in total. The van der Waals surface area contributed by atoms with Gasteiger partial charge < -0.3 is 15.1 Å². The lowest BCUT2D eigenvalue weighted by atomic mass is 9.94. The van der Waals surface area contributed by atoms with Crippen LogP contribution in [0.1, 0.15) is 44.6 Å². The fraction of sp³-hybridized carbons (Fsp3) is 0.522. The summed E-state index contributed by atoms with van der Waals surface area (Å²) < 4.78 is 0. The summed E-state index contributed by atoms with van der Waals surface area (Å²) in [5, 5.41) is 14.8. The van der Waals surface area contributed by atoms with Gasteiger partial charge in [-0.1, -0.05) is 42.0 Å². The van der Waals surface area contributed by atoms with Gasteiger partial charge in [-0.15, -0.1) is 0 Å². The number of likely N-dealkylation sites (tertiary alicyclic amines) is 2. The van der Waals surface area contributed by atoms with Crippen molar-refractivity contribution >= 4 is 23.9 Å². The number of benzene rings is 1. The molecule has 0 unspecified atom stereocenters. The molecule has 1 aromatic rings. The van der Waals surface area contributed by atoms with Crippen molar-refractivity contribution in [2.75, 3.05) is 32.7 Å². The number of carboxylic acids is 2. The van der Waals surface area contributed by atoms with Crippen LogP contribution in [-0.2, 0) is 14.4 Å². The van der Waals surface area contributed by atoms with E-state index in [4.69, 9.17) is 19.8 Å². The lowest BCUT2D eigenvalue weighted by molar-refractivity contribution is -0.159. The Morgan fingerprint density at radius 3 is 2.03 bits per heavy atom. The fourth-order valence-electron chi connectivity index (χ4n) is 3.94. The van der Waals surface area contributed by atoms with Crippen molar-refractivity contribution in [3.63, 3.8) is 0 Å². The Bertz CT molecular complexity index is 721. The molecule has 2 aliphatic heterocycles. The second kappa shape index (κ2) is 12.1. The summed E-state index contributed by atoms with van der Waals surface area (Å²) in [6, 6.07) is 10.5. The van der Waals surface area contributed by atoms with Crippen molar-refractivity contribution in [1.82, 2.24) is 9.80 Å². The van der Waals surface area contributed by atoms with Crippen molar-refractivity contribution in [3.05, 3.63) is 41.5 Å². The third-order valence-electron chi connectivity index (χ3n) is 5.47. The van der Waals surface area contributed by atoms with Gasteiger partial charge in [-0.05, 0) is 57.7 Å². The van der Waals surface area contributed by atoms with Crippen molar-refractivity contribution < 1.29 is 24.6 Å². The van der Waals surface area contributed by atoms with E-state index in [-0.39, 0.29) is 5.92 Å². The normalized spacial score (nSPS) is 18.3. The average Bonchev–Trinajstić information content (AvgIpc) is 2.75. The number of rotatable bonds is 4. The number of piperidine rings is 2. The van der Waals surface area contributed by atoms with E-state index in [2.05, 4.69) is 53.1 Å². The van der Waals surface area contributed by atoms with Gasteiger partial charge in [0, 0.05) is 25.6 Å². The largest absolute Gasteiger partial charge is 0.473 e. The Morgan fingerprint density at radius 2 is 1.50 bits per heavy atom. The summed E-state index contributed by atoms with van der Waals surface area (Å²) in [5.41, 5.74) is 2.66. The van der Waals surface area contributed by atoms with Crippen LogP contribution in [0.5, 0.6) is 0 Å². The highest BCUT2D eigenvalue weighted by molar-refractivity contribution is 6.27. The molecule has 0 atom stereocenters. The minimum Gasteiger partial charge on any atom is -0.473 e. The second-order valence-corrected chi connectivity index (χ2v) is 7.95. The summed E-state index contributed by atoms with van der Waals surface area (Å²) in [6.45, 7) is 7.28. The Kier molecular flexibility index (Phi) is 9.54. The zero-order valence-electron chi connectivity index (χ0n) is 17.6. The number of nitrogens with zero attached hydrogens (tertiary/aromatic N) is 2. The van der Waals surface area contributed by atoms with Crippen LogP contribution < -0.4 is 0 Å². The van der Waals surface area contributed by atoms with Crippen LogP contribution in [0.3, 0.4) is 0 Å². The van der Waals surface area contributed by atoms with Gasteiger partial charge in [-0.3, -0.25) is 9.69 Å². The number of carboxylic acid groups (broad SMARTS) is 2. The standard InChI is InChI=1S/C21H30N2O.C2H2O4/c1-18(16-19-8-4-2-5-9-19)17-22-14-10-20(11-15-22)21(24)23-12-6-3-7-13-23;3-1(4)2(5)6/h2,4-5,8-9,16,20H,3,6-7,10-15,17H2,1H3;(H,3,4)(H,5,6)/b18-16+;. The first kappa shape index (κ1) is 23.6. The minimum atomic E-state index is -1.82. The zero-order chi connectivity index (χ0) is 21.9. The third-order valence-corrected chi connectivity index (χ3v) is 5.47. The van der Waals surface area contributed by atoms with Crippen molar-refractivity contribution in [2.45, 2.75) is 39.0 Å². The van der Waals surface area contributed by atoms with E-state index in [9.17, 15) is 4.79 Å². The van der Waals surface area contributed by atoms with Gasteiger partial charge in [0.05, 0.1) is 0 Å². The highest BCUT2D eigenvalue weighted by atomic mass is 16.4. The van der Waals surface area contributed by atoms with Crippen LogP contribution in [0.4, 0.5) is 0 Å². The minimum absolute atomic E-state index is 0.262. The van der Waals surface area contributed by atoms with Crippen LogP contribution in [0.2, 0.25) is 0 Å². The molecule has 3 rings (SSSR count). The zero-order valence-corrected chi connectivity index (χ0v) is 17.6. The van der Waals surface area contributed by atoms with Gasteiger partial charge in [0.2, 0.25) is 5.91 Å². The molecule has 0 radical (unpaired) electrons. The smallest absolute Gasteiger partial charge is 0.414 e. The number of aliphatic carboxylic acids is 2. The van der Waals surface area contributed by atoms with Crippen LogP contribution in [0.25, 0.3) is 6.08 Å². The van der Waals surface area contributed by atoms with Crippen LogP contribution in [-0.4, -0.2) is 70.6 Å². The summed E-state index contributed by atoms with van der Waals surface area (Å²) in [6.07, 6.45) is 7.98. The molecule has 2 aliphatic rings. The first-order valence-electron chi connectivity index (χ1n) is 10.6. The summed E-state index contributed by atoms with van der Waals surface area (Å²) in [5.74, 6) is -2.96. The Balaban J connectivity index is 0.000000469. The molecule has 1 amide bonds. The maximum absolute atomic E-state index is 12.6. The summed E-state index contributed by atoms with van der Waals surface area (Å²) >= 11 is 0. The van der Waals surface area contributed by atoms with E-state index in [1.54, 1.807) is 0 Å². The third kappa shape index (κ3) is 7.99. The summed E-state index contributed by atoms with van der Waals surface area (Å²) in [7, 11) is 0. The molecular weight excluding hydrogens is 384 g/mol. The number of amides is 1. The lowest BCUT2D eigenvalue weighted by Crippen LogP contribution is -2.44. The average molecular weight is 417 g/mol. The van der Waals surface area contributed by atoms with Gasteiger partial charge >= 0.3 is 11.9 Å². The van der Waals surface area contributed by atoms with E-state index >= 15 is 0 Å². The monoisotopic (exact) mass is 416 g/mol. The molecule has 2 heterocycles. The molecule has 0 bridgehead atoms. The van der Waals surface area contributed by atoms with E-state index in [1.165, 1.54) is 30.4 Å². The molecule has 164 valence electrons. The van der Waals surface area contributed by atoms with Crippen LogP contribution >= 0.6 is 0 Å². The molecule has 0 aromatic heterocycles. The van der Waals surface area contributed by atoms with E-state index in [1.807, 2.05) is 0 Å². The van der Waals surface area contributed by atoms with E-state index in [0.717, 1.165) is 45.6 Å². The molecule has 2 saturated heterocycles. The maximum Gasteiger partial charge on any atom is 0.414 e. The number of carbonyl (C=O) groups is 3. The number of hydrogen-bond donors (Lipinski definition) is 2. The topological polar surface area (TPSA) is 98.2 Å². The lowest BCUT2D eigenvalue weighted by Gasteiger charge is -2.35. The predicted molar refractivity (Wildman–Crippen MR) is 115 cm³/mol. The Hall–Kier alpha value is -2.67. The fourth-order valence-corrected chi connectivity index (χ4v) is 3.94.